The van der Waals surface area contributed by atoms with E-state index in [0.29, 0.717) is 15.7 Å². The van der Waals surface area contributed by atoms with E-state index in [9.17, 15) is 4.79 Å². The molecule has 0 aliphatic carbocycles. The first-order valence-corrected chi connectivity index (χ1v) is 9.57. The molecule has 0 bridgehead atoms. The van der Waals surface area contributed by atoms with Crippen molar-refractivity contribution in [2.75, 3.05) is 5.32 Å². The lowest BCUT2D eigenvalue weighted by Crippen LogP contribution is -2.34. The molecular formula is C17H11BrClN3OS2. The molecule has 2 N–H and O–H groups in total. The Morgan fingerprint density at radius 3 is 2.60 bits per heavy atom. The van der Waals surface area contributed by atoms with E-state index in [-0.39, 0.29) is 11.0 Å². The summed E-state index contributed by atoms with van der Waals surface area (Å²) in [6.07, 6.45) is 0. The lowest BCUT2D eigenvalue weighted by atomic mass is 10.2. The molecule has 0 atom stereocenters. The van der Waals surface area contributed by atoms with Gasteiger partial charge >= 0.3 is 0 Å². The first kappa shape index (κ1) is 18.0. The van der Waals surface area contributed by atoms with Gasteiger partial charge in [-0.1, -0.05) is 51.8 Å². The Kier molecular flexibility index (Phi) is 5.80. The number of anilines is 1. The normalized spacial score (nSPS) is 10.3. The Labute approximate surface area is 167 Å². The summed E-state index contributed by atoms with van der Waals surface area (Å²) in [6, 6.07) is 14.6. The first-order valence-electron chi connectivity index (χ1n) is 7.11. The van der Waals surface area contributed by atoms with Crippen molar-refractivity contribution in [1.29, 1.82) is 0 Å². The molecule has 3 aromatic rings. The second-order valence-corrected chi connectivity index (χ2v) is 7.52. The van der Waals surface area contributed by atoms with Crippen LogP contribution in [0.1, 0.15) is 10.4 Å². The molecule has 8 heteroatoms. The summed E-state index contributed by atoms with van der Waals surface area (Å²) < 4.78 is 1.01. The van der Waals surface area contributed by atoms with Crippen LogP contribution in [0, 0.1) is 0 Å². The summed E-state index contributed by atoms with van der Waals surface area (Å²) >= 11 is 16.0. The Bertz CT molecular complexity index is 928. The molecule has 0 aliphatic rings. The van der Waals surface area contributed by atoms with Crippen LogP contribution in [0.4, 0.5) is 5.13 Å². The summed E-state index contributed by atoms with van der Waals surface area (Å²) in [5.74, 6) is -0.368. The van der Waals surface area contributed by atoms with Gasteiger partial charge in [0, 0.05) is 15.4 Å². The molecule has 0 aliphatic heterocycles. The van der Waals surface area contributed by atoms with E-state index in [1.165, 1.54) is 11.3 Å². The minimum atomic E-state index is -0.368. The number of nitrogens with one attached hydrogen (secondary N) is 2. The van der Waals surface area contributed by atoms with Crippen LogP contribution >= 0.6 is 51.1 Å². The average Bonchev–Trinajstić information content (AvgIpc) is 3.04. The number of hydrogen-bond donors (Lipinski definition) is 2. The maximum absolute atomic E-state index is 12.2. The molecule has 1 aromatic heterocycles. The number of halogens is 2. The molecule has 4 nitrogen and oxygen atoms in total. The zero-order valence-electron chi connectivity index (χ0n) is 12.6. The topological polar surface area (TPSA) is 54.0 Å². The number of aromatic nitrogens is 1. The number of carbonyl (C=O) groups excluding carboxylic acids is 1. The van der Waals surface area contributed by atoms with Crippen LogP contribution < -0.4 is 10.6 Å². The zero-order valence-corrected chi connectivity index (χ0v) is 16.6. The van der Waals surface area contributed by atoms with Crippen molar-refractivity contribution in [3.05, 3.63) is 69.0 Å². The Morgan fingerprint density at radius 1 is 1.16 bits per heavy atom. The molecule has 0 saturated carbocycles. The van der Waals surface area contributed by atoms with Gasteiger partial charge in [0.15, 0.2) is 10.2 Å². The summed E-state index contributed by atoms with van der Waals surface area (Å²) in [5.41, 5.74) is 2.20. The van der Waals surface area contributed by atoms with E-state index in [0.717, 1.165) is 15.7 Å². The number of carbonyl (C=O) groups is 1. The van der Waals surface area contributed by atoms with Crippen molar-refractivity contribution in [2.45, 2.75) is 0 Å². The highest BCUT2D eigenvalue weighted by molar-refractivity contribution is 9.10. The highest BCUT2D eigenvalue weighted by Crippen LogP contribution is 2.26. The Morgan fingerprint density at radius 2 is 1.88 bits per heavy atom. The van der Waals surface area contributed by atoms with E-state index >= 15 is 0 Å². The number of amides is 1. The monoisotopic (exact) mass is 451 g/mol. The third kappa shape index (κ3) is 4.64. The van der Waals surface area contributed by atoms with Crippen LogP contribution in [0.5, 0.6) is 0 Å². The van der Waals surface area contributed by atoms with Crippen LogP contribution in [0.2, 0.25) is 5.02 Å². The maximum atomic E-state index is 12.2. The highest BCUT2D eigenvalue weighted by atomic mass is 79.9. The fraction of sp³-hybridized carbons (Fsp3) is 0. The molecule has 0 saturated heterocycles. The van der Waals surface area contributed by atoms with Gasteiger partial charge in [-0.25, -0.2) is 4.98 Å². The van der Waals surface area contributed by atoms with Gasteiger partial charge in [-0.3, -0.25) is 10.1 Å². The molecular weight excluding hydrogens is 442 g/mol. The summed E-state index contributed by atoms with van der Waals surface area (Å²) in [6.45, 7) is 0. The van der Waals surface area contributed by atoms with Gasteiger partial charge < -0.3 is 5.32 Å². The number of thiazole rings is 1. The molecule has 126 valence electrons. The third-order valence-corrected chi connectivity index (χ3v) is 5.03. The van der Waals surface area contributed by atoms with E-state index in [1.54, 1.807) is 24.3 Å². The largest absolute Gasteiger partial charge is 0.308 e. The molecule has 2 aromatic carbocycles. The maximum Gasteiger partial charge on any atom is 0.258 e. The molecule has 1 heterocycles. The van der Waals surface area contributed by atoms with Gasteiger partial charge in [0.25, 0.3) is 5.91 Å². The van der Waals surface area contributed by atoms with Crippen LogP contribution in [-0.4, -0.2) is 16.0 Å². The van der Waals surface area contributed by atoms with Crippen molar-refractivity contribution in [3.63, 3.8) is 0 Å². The SMILES string of the molecule is O=C(NC(=S)Nc1nc(-c2ccc(Br)cc2)cs1)c1ccccc1Cl. The summed E-state index contributed by atoms with van der Waals surface area (Å²) in [4.78, 5) is 16.7. The van der Waals surface area contributed by atoms with Crippen molar-refractivity contribution in [3.8, 4) is 11.3 Å². The van der Waals surface area contributed by atoms with Crippen LogP contribution in [0.3, 0.4) is 0 Å². The molecule has 3 rings (SSSR count). The number of rotatable bonds is 3. The predicted octanol–water partition coefficient (Wildman–Crippen LogP) is 5.35. The van der Waals surface area contributed by atoms with Gasteiger partial charge in [0.2, 0.25) is 0 Å². The highest BCUT2D eigenvalue weighted by Gasteiger charge is 2.12. The second-order valence-electron chi connectivity index (χ2n) is 4.93. The fourth-order valence-corrected chi connectivity index (χ4v) is 3.49. The number of nitrogens with zero attached hydrogens (tertiary/aromatic N) is 1. The number of hydrogen-bond acceptors (Lipinski definition) is 4. The minimum absolute atomic E-state index is 0.168. The molecule has 0 fully saturated rings. The van der Waals surface area contributed by atoms with Gasteiger partial charge in [-0.15, -0.1) is 11.3 Å². The van der Waals surface area contributed by atoms with Gasteiger partial charge in [-0.2, -0.15) is 0 Å². The predicted molar refractivity (Wildman–Crippen MR) is 110 cm³/mol. The van der Waals surface area contributed by atoms with Gasteiger partial charge in [0.1, 0.15) is 0 Å². The zero-order chi connectivity index (χ0) is 17.8. The fourth-order valence-electron chi connectivity index (χ4n) is 2.03. The Hall–Kier alpha value is -1.80. The van der Waals surface area contributed by atoms with Crippen LogP contribution in [0.25, 0.3) is 11.3 Å². The second kappa shape index (κ2) is 8.05. The Balaban J connectivity index is 1.65. The smallest absolute Gasteiger partial charge is 0.258 e. The molecule has 25 heavy (non-hydrogen) atoms. The number of benzene rings is 2. The molecule has 0 unspecified atom stereocenters. The average molecular weight is 453 g/mol. The van der Waals surface area contributed by atoms with Crippen LogP contribution in [-0.2, 0) is 0 Å². The van der Waals surface area contributed by atoms with Crippen molar-refractivity contribution < 1.29 is 4.79 Å². The lowest BCUT2D eigenvalue weighted by Gasteiger charge is -2.08. The van der Waals surface area contributed by atoms with E-state index in [2.05, 4.69) is 31.5 Å². The van der Waals surface area contributed by atoms with E-state index in [1.807, 2.05) is 29.6 Å². The molecule has 0 spiro atoms. The lowest BCUT2D eigenvalue weighted by molar-refractivity contribution is 0.0978. The summed E-state index contributed by atoms with van der Waals surface area (Å²) in [7, 11) is 0. The van der Waals surface area contributed by atoms with Gasteiger partial charge in [-0.05, 0) is 36.5 Å². The van der Waals surface area contributed by atoms with Crippen molar-refractivity contribution in [2.24, 2.45) is 0 Å². The van der Waals surface area contributed by atoms with Crippen LogP contribution in [0.15, 0.2) is 58.4 Å². The summed E-state index contributed by atoms with van der Waals surface area (Å²) in [5, 5.41) is 8.58. The van der Waals surface area contributed by atoms with E-state index in [4.69, 9.17) is 23.8 Å². The van der Waals surface area contributed by atoms with E-state index < -0.39 is 0 Å². The molecule has 0 radical (unpaired) electrons. The third-order valence-electron chi connectivity index (χ3n) is 3.21. The quantitative estimate of drug-likeness (QED) is 0.526. The van der Waals surface area contributed by atoms with Crippen molar-refractivity contribution >= 4 is 67.2 Å². The minimum Gasteiger partial charge on any atom is -0.308 e. The molecule has 1 amide bonds. The first-order chi connectivity index (χ1) is 12.0. The number of thiocarbonyl (C=S) groups is 1. The van der Waals surface area contributed by atoms with Crippen molar-refractivity contribution in [1.82, 2.24) is 10.3 Å². The standard InChI is InChI=1S/C17H11BrClN3OS2/c18-11-7-5-10(6-8-11)14-9-25-17(20-14)22-16(24)21-15(23)12-3-1-2-4-13(12)19/h1-9H,(H2,20,21,22,23,24). The van der Waals surface area contributed by atoms with Gasteiger partial charge in [0.05, 0.1) is 16.3 Å².